The first-order valence-corrected chi connectivity index (χ1v) is 5.05. The molecule has 0 saturated carbocycles. The lowest BCUT2D eigenvalue weighted by molar-refractivity contribution is -0.173. The molecule has 0 heterocycles. The number of phenols is 1. The van der Waals surface area contributed by atoms with Crippen LogP contribution in [0.5, 0.6) is 5.75 Å². The van der Waals surface area contributed by atoms with Crippen molar-refractivity contribution < 1.29 is 14.6 Å². The number of nitrogen functional groups attached to an aromatic ring is 1. The van der Waals surface area contributed by atoms with Gasteiger partial charge in [0.25, 0.3) is 0 Å². The third kappa shape index (κ3) is 2.62. The molecule has 6 nitrogen and oxygen atoms in total. The molecule has 6 N–H and O–H groups in total. The van der Waals surface area contributed by atoms with Crippen LogP contribution in [0, 0.1) is 0 Å². The van der Waals surface area contributed by atoms with Crippen LogP contribution < -0.4 is 21.2 Å². The smallest absolute Gasteiger partial charge is 0.165 e. The van der Waals surface area contributed by atoms with E-state index in [0.29, 0.717) is 0 Å². The lowest BCUT2D eigenvalue weighted by Crippen LogP contribution is -2.17. The second-order valence-corrected chi connectivity index (χ2v) is 3.87. The summed E-state index contributed by atoms with van der Waals surface area (Å²) in [6.45, 7) is 0. The van der Waals surface area contributed by atoms with E-state index in [-0.39, 0.29) is 17.1 Å². The Bertz CT molecular complexity index is 342. The van der Waals surface area contributed by atoms with Crippen molar-refractivity contribution in [1.82, 2.24) is 0 Å². The van der Waals surface area contributed by atoms with Gasteiger partial charge < -0.3 is 20.8 Å². The van der Waals surface area contributed by atoms with Crippen LogP contribution in [0.15, 0.2) is 18.2 Å². The van der Waals surface area contributed by atoms with E-state index in [1.165, 1.54) is 18.2 Å². The van der Waals surface area contributed by atoms with Crippen LogP contribution in [0.25, 0.3) is 0 Å². The number of nitrogens with one attached hydrogen (secondary N) is 1. The highest BCUT2D eigenvalue weighted by Crippen LogP contribution is 2.36. The summed E-state index contributed by atoms with van der Waals surface area (Å²) in [5.74, 6) is -0.262. The highest BCUT2D eigenvalue weighted by molar-refractivity contribution is 7.55. The minimum absolute atomic E-state index is 0.0941. The van der Waals surface area contributed by atoms with Gasteiger partial charge in [0.05, 0.1) is 5.69 Å². The van der Waals surface area contributed by atoms with Crippen molar-refractivity contribution >= 4 is 19.0 Å². The van der Waals surface area contributed by atoms with E-state index in [1.54, 1.807) is 0 Å². The normalized spacial score (nSPS) is 14.9. The average Bonchev–Trinajstić information content (AvgIpc) is 1.95. The molecule has 0 saturated heterocycles. The van der Waals surface area contributed by atoms with Gasteiger partial charge in [-0.05, 0) is 12.1 Å². The zero-order chi connectivity index (χ0) is 10.1. The predicted octanol–water partition coefficient (Wildman–Crippen LogP) is -0.187. The Morgan fingerprint density at radius 1 is 1.54 bits per heavy atom. The fraction of sp³-hybridized carbons (Fsp3) is 0. The molecule has 0 amide bonds. The van der Waals surface area contributed by atoms with Crippen molar-refractivity contribution in [2.45, 2.75) is 0 Å². The quantitative estimate of drug-likeness (QED) is 0.299. The number of nitrogens with two attached hydrogens (primary N) is 2. The molecule has 1 rings (SSSR count). The first kappa shape index (κ1) is 9.85. The summed E-state index contributed by atoms with van der Waals surface area (Å²) < 4.78 is 10.6. The minimum Gasteiger partial charge on any atom is -0.772 e. The Morgan fingerprint density at radius 2 is 2.15 bits per heavy atom. The first-order chi connectivity index (χ1) is 5.90. The fourth-order valence-corrected chi connectivity index (χ4v) is 1.39. The molecule has 1 unspecified atom stereocenters. The Balaban J connectivity index is 3.07. The SMILES string of the molecule is Nc1cccc(O)c1NP(N)(=O)[O-]. The number of para-hydroxylation sites is 1. The van der Waals surface area contributed by atoms with E-state index < -0.39 is 7.67 Å². The number of phenolic OH excluding ortho intramolecular Hbond substituents is 1. The maximum Gasteiger partial charge on any atom is 0.165 e. The number of anilines is 2. The lowest BCUT2D eigenvalue weighted by atomic mass is 10.2. The molecule has 7 heteroatoms. The van der Waals surface area contributed by atoms with Gasteiger partial charge in [0, 0.05) is 0 Å². The molecule has 0 radical (unpaired) electrons. The summed E-state index contributed by atoms with van der Waals surface area (Å²) in [7, 11) is -4.18. The van der Waals surface area contributed by atoms with Gasteiger partial charge in [0.1, 0.15) is 11.4 Å². The van der Waals surface area contributed by atoms with Gasteiger partial charge in [-0.25, -0.2) is 0 Å². The van der Waals surface area contributed by atoms with E-state index in [0.717, 1.165) is 0 Å². The van der Waals surface area contributed by atoms with Gasteiger partial charge in [-0.3, -0.25) is 10.1 Å². The van der Waals surface area contributed by atoms with Gasteiger partial charge in [-0.15, -0.1) is 0 Å². The Morgan fingerprint density at radius 3 is 2.62 bits per heavy atom. The summed E-state index contributed by atoms with van der Waals surface area (Å²) in [4.78, 5) is 10.6. The van der Waals surface area contributed by atoms with Crippen LogP contribution >= 0.6 is 7.67 Å². The number of benzene rings is 1. The van der Waals surface area contributed by atoms with E-state index in [9.17, 15) is 14.6 Å². The highest BCUT2D eigenvalue weighted by Gasteiger charge is 2.08. The van der Waals surface area contributed by atoms with Crippen LogP contribution in [-0.4, -0.2) is 5.11 Å². The molecule has 0 bridgehead atoms. The summed E-state index contributed by atoms with van der Waals surface area (Å²) in [5, 5.41) is 11.1. The molecule has 1 atom stereocenters. The maximum atomic E-state index is 10.6. The van der Waals surface area contributed by atoms with Crippen LogP contribution in [0.4, 0.5) is 11.4 Å². The number of aromatic hydroxyl groups is 1. The van der Waals surface area contributed by atoms with Crippen molar-refractivity contribution in [3.8, 4) is 5.75 Å². The monoisotopic (exact) mass is 202 g/mol. The summed E-state index contributed by atoms with van der Waals surface area (Å²) in [6.07, 6.45) is 0. The van der Waals surface area contributed by atoms with Crippen molar-refractivity contribution in [3.63, 3.8) is 0 Å². The molecular weight excluding hydrogens is 193 g/mol. The van der Waals surface area contributed by atoms with Crippen LogP contribution in [0.1, 0.15) is 0 Å². The average molecular weight is 202 g/mol. The number of hydrogen-bond donors (Lipinski definition) is 4. The molecule has 0 aliphatic rings. The van der Waals surface area contributed by atoms with Crippen molar-refractivity contribution in [2.75, 3.05) is 10.8 Å². The molecule has 72 valence electrons. The van der Waals surface area contributed by atoms with Gasteiger partial charge >= 0.3 is 0 Å². The molecule has 0 fully saturated rings. The van der Waals surface area contributed by atoms with E-state index >= 15 is 0 Å². The van der Waals surface area contributed by atoms with Crippen LogP contribution in [0.3, 0.4) is 0 Å². The van der Waals surface area contributed by atoms with Crippen molar-refractivity contribution in [2.24, 2.45) is 5.50 Å². The summed E-state index contributed by atoms with van der Waals surface area (Å²) in [5.41, 5.74) is 10.1. The highest BCUT2D eigenvalue weighted by atomic mass is 31.2. The third-order valence-electron chi connectivity index (χ3n) is 1.34. The summed E-state index contributed by atoms with van der Waals surface area (Å²) in [6, 6.07) is 4.23. The maximum absolute atomic E-state index is 10.6. The van der Waals surface area contributed by atoms with Crippen LogP contribution in [-0.2, 0) is 4.57 Å². The zero-order valence-corrected chi connectivity index (χ0v) is 7.49. The lowest BCUT2D eigenvalue weighted by Gasteiger charge is -2.21. The van der Waals surface area contributed by atoms with E-state index in [2.05, 4.69) is 0 Å². The Kier molecular flexibility index (Phi) is 2.47. The van der Waals surface area contributed by atoms with E-state index in [1.807, 2.05) is 5.09 Å². The zero-order valence-electron chi connectivity index (χ0n) is 6.60. The molecule has 0 aliphatic heterocycles. The second kappa shape index (κ2) is 3.26. The molecule has 0 spiro atoms. The minimum atomic E-state index is -4.18. The summed E-state index contributed by atoms with van der Waals surface area (Å²) >= 11 is 0. The van der Waals surface area contributed by atoms with Gasteiger partial charge in [0.15, 0.2) is 7.67 Å². The Labute approximate surface area is 74.7 Å². The second-order valence-electron chi connectivity index (χ2n) is 2.45. The Hall–Kier alpha value is -1.23. The molecular formula is C6H9N3O3P-. The molecule has 13 heavy (non-hydrogen) atoms. The number of rotatable bonds is 2. The van der Waals surface area contributed by atoms with Crippen molar-refractivity contribution in [3.05, 3.63) is 18.2 Å². The molecule has 0 aliphatic carbocycles. The molecule has 1 aromatic rings. The first-order valence-electron chi connectivity index (χ1n) is 3.35. The van der Waals surface area contributed by atoms with Gasteiger partial charge in [-0.1, -0.05) is 6.07 Å². The fourth-order valence-electron chi connectivity index (χ4n) is 0.835. The third-order valence-corrected chi connectivity index (χ3v) is 1.88. The number of hydrogen-bond acceptors (Lipinski definition) is 4. The molecule has 0 aromatic heterocycles. The molecule has 1 aromatic carbocycles. The van der Waals surface area contributed by atoms with Crippen molar-refractivity contribution in [1.29, 1.82) is 0 Å². The van der Waals surface area contributed by atoms with E-state index in [4.69, 9.17) is 11.2 Å². The topological polar surface area (TPSA) is 124 Å². The standard InChI is InChI=1S/C6H10N3O3P/c7-4-2-1-3-5(10)6(4)9-13(8,11)12/h1-3,10H,7H2,(H4,8,9,11,12)/p-1. The van der Waals surface area contributed by atoms with Gasteiger partial charge in [0.2, 0.25) is 0 Å². The largest absolute Gasteiger partial charge is 0.772 e. The predicted molar refractivity (Wildman–Crippen MR) is 47.9 cm³/mol. The van der Waals surface area contributed by atoms with Gasteiger partial charge in [-0.2, -0.15) is 0 Å². The van der Waals surface area contributed by atoms with Crippen LogP contribution in [0.2, 0.25) is 0 Å².